The van der Waals surface area contributed by atoms with Gasteiger partial charge in [0.2, 0.25) is 0 Å². The number of fused-ring (bicyclic) bond motifs is 5. The Morgan fingerprint density at radius 1 is 1.27 bits per heavy atom. The van der Waals surface area contributed by atoms with Gasteiger partial charge < -0.3 is 4.74 Å². The predicted molar refractivity (Wildman–Crippen MR) is 88.2 cm³/mol. The summed E-state index contributed by atoms with van der Waals surface area (Å²) in [5, 5.41) is 2.47. The third-order valence-corrected chi connectivity index (χ3v) is 5.36. The molecule has 0 bridgehead atoms. The van der Waals surface area contributed by atoms with E-state index >= 15 is 0 Å². The highest BCUT2D eigenvalue weighted by molar-refractivity contribution is 5.89. The van der Waals surface area contributed by atoms with E-state index in [0.717, 1.165) is 18.2 Å². The van der Waals surface area contributed by atoms with Crippen molar-refractivity contribution in [2.75, 3.05) is 0 Å². The van der Waals surface area contributed by atoms with E-state index in [1.54, 1.807) is 0 Å². The summed E-state index contributed by atoms with van der Waals surface area (Å²) in [7, 11) is 0. The number of ether oxygens (including phenoxy) is 1. The fourth-order valence-corrected chi connectivity index (χ4v) is 4.22. The second-order valence-electron chi connectivity index (χ2n) is 6.81. The van der Waals surface area contributed by atoms with Crippen LogP contribution in [0.5, 0.6) is 5.75 Å². The molecule has 0 saturated heterocycles. The van der Waals surface area contributed by atoms with Crippen molar-refractivity contribution in [3.63, 3.8) is 0 Å². The van der Waals surface area contributed by atoms with Crippen LogP contribution in [0.25, 0.3) is 10.8 Å². The Morgan fingerprint density at radius 2 is 2.14 bits per heavy atom. The predicted octanol–water partition coefficient (Wildman–Crippen LogP) is 4.76. The summed E-state index contributed by atoms with van der Waals surface area (Å²) in [6.07, 6.45) is 8.24. The lowest BCUT2D eigenvalue weighted by molar-refractivity contribution is -0.131. The van der Waals surface area contributed by atoms with E-state index in [9.17, 15) is 4.79 Å². The maximum Gasteiger partial charge on any atom is 0.308 e. The maximum absolute atomic E-state index is 11.1. The van der Waals surface area contributed by atoms with E-state index in [1.807, 2.05) is 12.1 Å². The van der Waals surface area contributed by atoms with Gasteiger partial charge in [0.25, 0.3) is 0 Å². The molecule has 2 aromatic carbocycles. The molecular weight excluding hydrogens is 272 g/mol. The summed E-state index contributed by atoms with van der Waals surface area (Å²) in [6, 6.07) is 10.4. The quantitative estimate of drug-likeness (QED) is 0.430. The van der Waals surface area contributed by atoms with Gasteiger partial charge in [0.15, 0.2) is 0 Å². The number of rotatable bonds is 1. The van der Waals surface area contributed by atoms with E-state index in [-0.39, 0.29) is 5.97 Å². The largest absolute Gasteiger partial charge is 0.427 e. The first-order chi connectivity index (χ1) is 10.6. The lowest BCUT2D eigenvalue weighted by atomic mass is 9.66. The van der Waals surface area contributed by atoms with E-state index in [0.29, 0.717) is 17.1 Å². The van der Waals surface area contributed by atoms with Gasteiger partial charge in [-0.1, -0.05) is 37.3 Å². The fraction of sp³-hybridized carbons (Fsp3) is 0.350. The monoisotopic (exact) mass is 292 g/mol. The minimum Gasteiger partial charge on any atom is -0.427 e. The summed E-state index contributed by atoms with van der Waals surface area (Å²) in [5.74, 6) is 0.974. The van der Waals surface area contributed by atoms with E-state index in [1.165, 1.54) is 29.9 Å². The molecule has 2 aliphatic rings. The van der Waals surface area contributed by atoms with Crippen LogP contribution in [0.3, 0.4) is 0 Å². The number of allylic oxidation sites excluding steroid dienone is 2. The third kappa shape index (κ3) is 1.98. The number of benzene rings is 2. The first kappa shape index (κ1) is 13.6. The fourth-order valence-electron chi connectivity index (χ4n) is 4.22. The van der Waals surface area contributed by atoms with Crippen LogP contribution in [-0.2, 0) is 11.2 Å². The van der Waals surface area contributed by atoms with Crippen LogP contribution < -0.4 is 4.74 Å². The highest BCUT2D eigenvalue weighted by Gasteiger charge is 2.40. The highest BCUT2D eigenvalue weighted by atomic mass is 16.5. The molecule has 2 aromatic rings. The van der Waals surface area contributed by atoms with Gasteiger partial charge in [0.05, 0.1) is 0 Å². The zero-order valence-electron chi connectivity index (χ0n) is 13.1. The Hall–Kier alpha value is -2.09. The van der Waals surface area contributed by atoms with Crippen molar-refractivity contribution in [3.05, 3.63) is 53.6 Å². The number of esters is 1. The van der Waals surface area contributed by atoms with Crippen LogP contribution >= 0.6 is 0 Å². The van der Waals surface area contributed by atoms with Crippen molar-refractivity contribution in [1.82, 2.24) is 0 Å². The Balaban J connectivity index is 1.82. The molecule has 0 aliphatic heterocycles. The number of carbonyl (C=O) groups excluding carboxylic acids is 1. The van der Waals surface area contributed by atoms with Crippen LogP contribution in [0.1, 0.15) is 43.7 Å². The van der Waals surface area contributed by atoms with Gasteiger partial charge in [-0.05, 0) is 64.6 Å². The van der Waals surface area contributed by atoms with Gasteiger partial charge >= 0.3 is 5.97 Å². The average molecular weight is 292 g/mol. The Bertz CT molecular complexity index is 803. The van der Waals surface area contributed by atoms with Crippen LogP contribution in [0, 0.1) is 5.41 Å². The first-order valence-electron chi connectivity index (χ1n) is 7.98. The van der Waals surface area contributed by atoms with E-state index < -0.39 is 0 Å². The van der Waals surface area contributed by atoms with Crippen LogP contribution in [0.2, 0.25) is 0 Å². The van der Waals surface area contributed by atoms with E-state index in [4.69, 9.17) is 4.74 Å². The van der Waals surface area contributed by atoms with Gasteiger partial charge in [-0.3, -0.25) is 4.79 Å². The van der Waals surface area contributed by atoms with Crippen molar-refractivity contribution in [2.24, 2.45) is 5.41 Å². The smallest absolute Gasteiger partial charge is 0.308 e. The van der Waals surface area contributed by atoms with Crippen LogP contribution in [0.15, 0.2) is 42.5 Å². The molecule has 2 nitrogen and oxygen atoms in total. The second-order valence-corrected chi connectivity index (χ2v) is 6.81. The van der Waals surface area contributed by atoms with Gasteiger partial charge in [0.1, 0.15) is 5.75 Å². The zero-order chi connectivity index (χ0) is 15.3. The average Bonchev–Trinajstić information content (AvgIpc) is 2.88. The molecule has 1 unspecified atom stereocenters. The summed E-state index contributed by atoms with van der Waals surface area (Å²) in [4.78, 5) is 11.1. The van der Waals surface area contributed by atoms with Gasteiger partial charge in [0, 0.05) is 6.92 Å². The highest BCUT2D eigenvalue weighted by Crippen LogP contribution is 2.53. The van der Waals surface area contributed by atoms with Crippen molar-refractivity contribution in [1.29, 1.82) is 0 Å². The summed E-state index contributed by atoms with van der Waals surface area (Å²) in [5.41, 5.74) is 3.32. The minimum atomic E-state index is -0.273. The van der Waals surface area contributed by atoms with Crippen LogP contribution in [0.4, 0.5) is 0 Å². The number of hydrogen-bond donors (Lipinski definition) is 0. The zero-order valence-corrected chi connectivity index (χ0v) is 13.1. The Labute approximate surface area is 130 Å². The molecule has 2 atom stereocenters. The van der Waals surface area contributed by atoms with Crippen molar-refractivity contribution < 1.29 is 9.53 Å². The molecule has 0 fully saturated rings. The summed E-state index contributed by atoms with van der Waals surface area (Å²) < 4.78 is 5.20. The van der Waals surface area contributed by atoms with Crippen LogP contribution in [-0.4, -0.2) is 5.97 Å². The van der Waals surface area contributed by atoms with Gasteiger partial charge in [-0.25, -0.2) is 0 Å². The topological polar surface area (TPSA) is 26.3 Å². The molecule has 0 aromatic heterocycles. The molecule has 22 heavy (non-hydrogen) atoms. The molecule has 0 N–H and O–H groups in total. The Kier molecular flexibility index (Phi) is 2.90. The van der Waals surface area contributed by atoms with Gasteiger partial charge in [-0.15, -0.1) is 0 Å². The lowest BCUT2D eigenvalue weighted by Gasteiger charge is -2.38. The van der Waals surface area contributed by atoms with E-state index in [2.05, 4.69) is 37.3 Å². The summed E-state index contributed by atoms with van der Waals surface area (Å²) >= 11 is 0. The van der Waals surface area contributed by atoms with Gasteiger partial charge in [-0.2, -0.15) is 0 Å². The minimum absolute atomic E-state index is 0.273. The molecule has 2 aliphatic carbocycles. The van der Waals surface area contributed by atoms with Crippen molar-refractivity contribution in [3.8, 4) is 5.75 Å². The number of aryl methyl sites for hydroxylation is 1. The first-order valence-corrected chi connectivity index (χ1v) is 7.98. The molecule has 0 saturated carbocycles. The normalized spacial score (nSPS) is 25.8. The standard InChI is InChI=1S/C20H20O2/c1-13(21)22-15-6-8-16-14(12-15)5-7-18-17(16)9-11-20(2)10-3-4-19(18)20/h3,5-8,10,12,19H,4,9,11H2,1-2H3/t19?,20-/m0/s1. The van der Waals surface area contributed by atoms with Crippen molar-refractivity contribution in [2.45, 2.75) is 39.0 Å². The number of carbonyl (C=O) groups is 1. The lowest BCUT2D eigenvalue weighted by Crippen LogP contribution is -2.26. The third-order valence-electron chi connectivity index (χ3n) is 5.36. The number of hydrogen-bond acceptors (Lipinski definition) is 2. The molecule has 112 valence electrons. The molecule has 2 heteroatoms. The molecule has 4 rings (SSSR count). The SMILES string of the molecule is CC(=O)Oc1ccc2c3c(ccc2c1)C1CC=C[C@@]1(C)CC3. The second kappa shape index (κ2) is 4.70. The molecule has 0 spiro atoms. The molecule has 0 radical (unpaired) electrons. The molecule has 0 amide bonds. The molecule has 0 heterocycles. The molecular formula is C20H20O2. The summed E-state index contributed by atoms with van der Waals surface area (Å²) in [6.45, 7) is 3.82. The Morgan fingerprint density at radius 3 is 2.95 bits per heavy atom. The maximum atomic E-state index is 11.1. The van der Waals surface area contributed by atoms with Crippen molar-refractivity contribution >= 4 is 16.7 Å².